The molecule has 0 aliphatic heterocycles. The number of nitrogens with two attached hydrogens (primary N) is 1. The molecular formula is C20H24F3N3O. The van der Waals surface area contributed by atoms with Gasteiger partial charge in [-0.25, -0.2) is 4.68 Å². The Kier molecular flexibility index (Phi) is 5.06. The van der Waals surface area contributed by atoms with Gasteiger partial charge in [0.1, 0.15) is 0 Å². The quantitative estimate of drug-likeness (QED) is 0.841. The number of hydrogen-bond donors (Lipinski definition) is 1. The number of aromatic nitrogens is 2. The van der Waals surface area contributed by atoms with E-state index in [1.54, 1.807) is 31.2 Å². The number of fused-ring (bicyclic) bond motifs is 1. The van der Waals surface area contributed by atoms with Crippen LogP contribution in [-0.2, 0) is 29.2 Å². The molecule has 1 unspecified atom stereocenters. The van der Waals surface area contributed by atoms with Crippen molar-refractivity contribution < 1.29 is 18.0 Å². The van der Waals surface area contributed by atoms with Crippen LogP contribution in [0, 0.1) is 0 Å². The maximum atomic E-state index is 13.4. The number of carbonyl (C=O) groups is 1. The Bertz CT molecular complexity index is 839. The van der Waals surface area contributed by atoms with Crippen molar-refractivity contribution in [2.24, 2.45) is 5.73 Å². The van der Waals surface area contributed by atoms with Crippen molar-refractivity contribution in [3.8, 4) is 5.69 Å². The first-order valence-corrected chi connectivity index (χ1v) is 9.27. The van der Waals surface area contributed by atoms with E-state index in [2.05, 4.69) is 5.10 Å². The summed E-state index contributed by atoms with van der Waals surface area (Å²) < 4.78 is 41.5. The van der Waals surface area contributed by atoms with Crippen LogP contribution in [0.25, 0.3) is 5.69 Å². The average Bonchev–Trinajstić information content (AvgIpc) is 3.02. The van der Waals surface area contributed by atoms with E-state index in [1.165, 1.54) is 4.68 Å². The number of nitrogens with zero attached hydrogens (tertiary/aromatic N) is 2. The van der Waals surface area contributed by atoms with E-state index in [9.17, 15) is 18.0 Å². The van der Waals surface area contributed by atoms with E-state index in [1.807, 2.05) is 6.92 Å². The number of halogens is 3. The molecule has 7 heteroatoms. The predicted molar refractivity (Wildman–Crippen MR) is 96.7 cm³/mol. The maximum Gasteiger partial charge on any atom is 0.435 e. The van der Waals surface area contributed by atoms with Gasteiger partial charge in [0, 0.05) is 11.3 Å². The number of rotatable bonds is 5. The van der Waals surface area contributed by atoms with Gasteiger partial charge >= 0.3 is 6.18 Å². The van der Waals surface area contributed by atoms with Gasteiger partial charge in [0.15, 0.2) is 5.69 Å². The van der Waals surface area contributed by atoms with Crippen LogP contribution in [0.4, 0.5) is 13.2 Å². The maximum absolute atomic E-state index is 13.4. The van der Waals surface area contributed by atoms with Crippen molar-refractivity contribution in [2.75, 3.05) is 0 Å². The Morgan fingerprint density at radius 2 is 1.81 bits per heavy atom. The van der Waals surface area contributed by atoms with Crippen LogP contribution < -0.4 is 5.73 Å². The average molecular weight is 379 g/mol. The number of carbonyl (C=O) groups excluding carboxylic acids is 1. The lowest BCUT2D eigenvalue weighted by Crippen LogP contribution is -2.38. The lowest BCUT2D eigenvalue weighted by Gasteiger charge is -2.26. The van der Waals surface area contributed by atoms with Gasteiger partial charge in [0.25, 0.3) is 0 Å². The summed E-state index contributed by atoms with van der Waals surface area (Å²) in [4.78, 5) is 12.0. The third-order valence-electron chi connectivity index (χ3n) is 5.49. The molecule has 146 valence electrons. The molecule has 0 saturated heterocycles. The Balaban J connectivity index is 2.03. The fraction of sp³-hybridized carbons (Fsp3) is 0.500. The minimum atomic E-state index is -4.46. The Morgan fingerprint density at radius 3 is 2.37 bits per heavy atom. The largest absolute Gasteiger partial charge is 0.435 e. The number of alkyl halides is 3. The molecule has 0 bridgehead atoms. The van der Waals surface area contributed by atoms with E-state index >= 15 is 0 Å². The van der Waals surface area contributed by atoms with Crippen molar-refractivity contribution in [3.05, 3.63) is 46.8 Å². The highest BCUT2D eigenvalue weighted by Gasteiger charge is 2.40. The molecule has 0 saturated carbocycles. The molecule has 27 heavy (non-hydrogen) atoms. The van der Waals surface area contributed by atoms with Crippen molar-refractivity contribution in [2.45, 2.75) is 64.0 Å². The van der Waals surface area contributed by atoms with Crippen LogP contribution in [0.1, 0.15) is 62.0 Å². The minimum Gasteiger partial charge on any atom is -0.369 e. The van der Waals surface area contributed by atoms with Gasteiger partial charge < -0.3 is 5.73 Å². The summed E-state index contributed by atoms with van der Waals surface area (Å²) >= 11 is 0. The number of amides is 1. The van der Waals surface area contributed by atoms with Gasteiger partial charge in [-0.2, -0.15) is 18.3 Å². The van der Waals surface area contributed by atoms with Gasteiger partial charge in [-0.1, -0.05) is 25.5 Å². The summed E-state index contributed by atoms with van der Waals surface area (Å²) in [7, 11) is 0. The first kappa shape index (κ1) is 19.5. The molecule has 1 aromatic heterocycles. The molecule has 3 rings (SSSR count). The number of hydrogen-bond acceptors (Lipinski definition) is 2. The zero-order chi connectivity index (χ0) is 19.8. The fourth-order valence-corrected chi connectivity index (χ4v) is 3.92. The fourth-order valence-electron chi connectivity index (χ4n) is 3.92. The second-order valence-corrected chi connectivity index (χ2v) is 7.38. The third kappa shape index (κ3) is 3.47. The van der Waals surface area contributed by atoms with Gasteiger partial charge in [0.2, 0.25) is 5.91 Å². The van der Waals surface area contributed by atoms with E-state index in [-0.39, 0.29) is 0 Å². The lowest BCUT2D eigenvalue weighted by molar-refractivity contribution is -0.142. The molecule has 2 N–H and O–H groups in total. The van der Waals surface area contributed by atoms with E-state index < -0.39 is 23.2 Å². The van der Waals surface area contributed by atoms with Crippen molar-refractivity contribution >= 4 is 5.91 Å². The van der Waals surface area contributed by atoms with Crippen LogP contribution in [0.3, 0.4) is 0 Å². The molecule has 2 aromatic rings. The summed E-state index contributed by atoms with van der Waals surface area (Å²) in [6, 6.07) is 6.96. The van der Waals surface area contributed by atoms with Crippen LogP contribution >= 0.6 is 0 Å². The summed E-state index contributed by atoms with van der Waals surface area (Å²) in [5, 5.41) is 3.90. The molecule has 1 aliphatic carbocycles. The molecule has 1 amide bonds. The molecule has 1 aromatic carbocycles. The zero-order valence-corrected chi connectivity index (χ0v) is 15.6. The highest BCUT2D eigenvalue weighted by molar-refractivity contribution is 5.86. The standard InChI is InChI=1S/C20H24F3N3O/c1-3-12-19(2,18(24)27)13-8-10-14(11-9-13)26-16-7-5-4-6-15(16)17(25-26)20(21,22)23/h8-11H,3-7,12H2,1-2H3,(H2,24,27). The highest BCUT2D eigenvalue weighted by Crippen LogP contribution is 2.37. The summed E-state index contributed by atoms with van der Waals surface area (Å²) in [6.45, 7) is 3.77. The number of benzene rings is 1. The molecule has 0 fully saturated rings. The smallest absolute Gasteiger partial charge is 0.369 e. The Morgan fingerprint density at radius 1 is 1.19 bits per heavy atom. The monoisotopic (exact) mass is 379 g/mol. The van der Waals surface area contributed by atoms with E-state index in [0.717, 1.165) is 24.8 Å². The summed E-state index contributed by atoms with van der Waals surface area (Å²) in [5.74, 6) is -0.409. The molecule has 1 aliphatic rings. The number of primary amides is 1. The normalized spacial score (nSPS) is 16.6. The molecule has 1 atom stereocenters. The van der Waals surface area contributed by atoms with E-state index in [0.29, 0.717) is 36.2 Å². The molecule has 0 spiro atoms. The van der Waals surface area contributed by atoms with Crippen LogP contribution in [-0.4, -0.2) is 15.7 Å². The minimum absolute atomic E-state index is 0.311. The SMILES string of the molecule is CCCC(C)(C(N)=O)c1ccc(-n2nc(C(F)(F)F)c3c2CCCC3)cc1. The molecule has 1 heterocycles. The molecule has 4 nitrogen and oxygen atoms in total. The predicted octanol–water partition coefficient (Wildman–Crippen LogP) is 4.31. The zero-order valence-electron chi connectivity index (χ0n) is 15.6. The van der Waals surface area contributed by atoms with Gasteiger partial charge in [0.05, 0.1) is 11.1 Å². The van der Waals surface area contributed by atoms with Crippen LogP contribution in [0.15, 0.2) is 24.3 Å². The summed E-state index contributed by atoms with van der Waals surface area (Å²) in [6.07, 6.45) is -0.481. The van der Waals surface area contributed by atoms with Crippen molar-refractivity contribution in [1.29, 1.82) is 0 Å². The van der Waals surface area contributed by atoms with Gasteiger partial charge in [-0.3, -0.25) is 4.79 Å². The van der Waals surface area contributed by atoms with Gasteiger partial charge in [-0.15, -0.1) is 0 Å². The second kappa shape index (κ2) is 7.02. The Labute approximate surface area is 156 Å². The first-order valence-electron chi connectivity index (χ1n) is 9.27. The van der Waals surface area contributed by atoms with Crippen molar-refractivity contribution in [1.82, 2.24) is 9.78 Å². The van der Waals surface area contributed by atoms with Crippen LogP contribution in [0.2, 0.25) is 0 Å². The van der Waals surface area contributed by atoms with Crippen molar-refractivity contribution in [3.63, 3.8) is 0 Å². The van der Waals surface area contributed by atoms with Gasteiger partial charge in [-0.05, 0) is 56.7 Å². The Hall–Kier alpha value is -2.31. The molecule has 0 radical (unpaired) electrons. The lowest BCUT2D eigenvalue weighted by atomic mass is 9.78. The second-order valence-electron chi connectivity index (χ2n) is 7.38. The topological polar surface area (TPSA) is 60.9 Å². The summed E-state index contributed by atoms with van der Waals surface area (Å²) in [5.41, 5.74) is 6.29. The van der Waals surface area contributed by atoms with E-state index in [4.69, 9.17) is 5.73 Å². The third-order valence-corrected chi connectivity index (χ3v) is 5.49. The highest BCUT2D eigenvalue weighted by atomic mass is 19.4. The first-order chi connectivity index (χ1) is 12.7. The molecular weight excluding hydrogens is 355 g/mol. The van der Waals surface area contributed by atoms with Crippen LogP contribution in [0.5, 0.6) is 0 Å².